The van der Waals surface area contributed by atoms with Crippen LogP contribution in [0.4, 0.5) is 0 Å². The van der Waals surface area contributed by atoms with E-state index in [0.29, 0.717) is 5.69 Å². The molecule has 0 saturated carbocycles. The van der Waals surface area contributed by atoms with Gasteiger partial charge in [-0.2, -0.15) is 0 Å². The molecule has 0 aliphatic heterocycles. The normalized spacial score (nSPS) is 14.1. The number of rotatable bonds is 5. The number of carbonyl (C=O) groups excluding carboxylic acids is 1. The van der Waals surface area contributed by atoms with Crippen LogP contribution >= 0.6 is 15.9 Å². The fourth-order valence-electron chi connectivity index (χ4n) is 1.54. The van der Waals surface area contributed by atoms with Gasteiger partial charge in [-0.1, -0.05) is 28.9 Å². The van der Waals surface area contributed by atoms with Gasteiger partial charge in [0.2, 0.25) is 0 Å². The maximum Gasteiger partial charge on any atom is 0.270 e. The second kappa shape index (κ2) is 6.15. The van der Waals surface area contributed by atoms with Gasteiger partial charge >= 0.3 is 0 Å². The molecule has 1 rings (SSSR count). The molecule has 4 heteroatoms. The van der Waals surface area contributed by atoms with Gasteiger partial charge in [0.15, 0.2) is 0 Å². The molecule has 3 nitrogen and oxygen atoms in total. The molecule has 1 unspecified atom stereocenters. The van der Waals surface area contributed by atoms with E-state index in [-0.39, 0.29) is 11.4 Å². The zero-order chi connectivity index (χ0) is 12.9. The standard InChI is InChI=1S/C13H19BrN2O/c1-4-13(3,8-9-14)16-12(17)11-7-5-6-10(2)15-11/h5-7H,4,8-9H2,1-3H3,(H,16,17). The molecule has 0 spiro atoms. The molecule has 0 aliphatic rings. The minimum Gasteiger partial charge on any atom is -0.346 e. The highest BCUT2D eigenvalue weighted by atomic mass is 79.9. The number of aromatic nitrogens is 1. The lowest BCUT2D eigenvalue weighted by atomic mass is 9.95. The maximum atomic E-state index is 12.1. The molecule has 1 heterocycles. The van der Waals surface area contributed by atoms with E-state index < -0.39 is 0 Å². The van der Waals surface area contributed by atoms with Crippen LogP contribution in [-0.2, 0) is 0 Å². The van der Waals surface area contributed by atoms with Crippen LogP contribution in [0.1, 0.15) is 42.9 Å². The van der Waals surface area contributed by atoms with Crippen molar-refractivity contribution in [3.8, 4) is 0 Å². The van der Waals surface area contributed by atoms with E-state index in [0.717, 1.165) is 23.9 Å². The molecule has 0 aliphatic carbocycles. The van der Waals surface area contributed by atoms with E-state index >= 15 is 0 Å². The zero-order valence-corrected chi connectivity index (χ0v) is 12.2. The summed E-state index contributed by atoms with van der Waals surface area (Å²) in [5.74, 6) is -0.0981. The Balaban J connectivity index is 2.77. The van der Waals surface area contributed by atoms with Gasteiger partial charge in [-0.25, -0.2) is 4.98 Å². The Kier molecular flexibility index (Phi) is 5.12. The van der Waals surface area contributed by atoms with Crippen molar-refractivity contribution >= 4 is 21.8 Å². The minimum atomic E-state index is -0.175. The van der Waals surface area contributed by atoms with Gasteiger partial charge in [0.1, 0.15) is 5.69 Å². The molecule has 0 bridgehead atoms. The summed E-state index contributed by atoms with van der Waals surface area (Å²) in [5.41, 5.74) is 1.17. The average molecular weight is 299 g/mol. The number of halogens is 1. The molecule has 0 fully saturated rings. The van der Waals surface area contributed by atoms with E-state index in [1.165, 1.54) is 0 Å². The Morgan fingerprint density at radius 3 is 2.76 bits per heavy atom. The second-order valence-corrected chi connectivity index (χ2v) is 5.26. The number of alkyl halides is 1. The largest absolute Gasteiger partial charge is 0.346 e. The predicted molar refractivity (Wildman–Crippen MR) is 73.5 cm³/mol. The van der Waals surface area contributed by atoms with Crippen molar-refractivity contribution in [2.24, 2.45) is 0 Å². The van der Waals surface area contributed by atoms with Crippen molar-refractivity contribution in [2.75, 3.05) is 5.33 Å². The molecule has 1 atom stereocenters. The molecule has 1 aromatic heterocycles. The Labute approximate surface area is 111 Å². The summed E-state index contributed by atoms with van der Waals surface area (Å²) in [6.45, 7) is 6.02. The monoisotopic (exact) mass is 298 g/mol. The lowest BCUT2D eigenvalue weighted by Gasteiger charge is -2.28. The van der Waals surface area contributed by atoms with Gasteiger partial charge < -0.3 is 5.32 Å². The SMILES string of the molecule is CCC(C)(CCBr)NC(=O)c1cccc(C)n1. The minimum absolute atomic E-state index is 0.0981. The van der Waals surface area contributed by atoms with Crippen molar-refractivity contribution < 1.29 is 4.79 Å². The number of carbonyl (C=O) groups is 1. The van der Waals surface area contributed by atoms with Gasteiger partial charge in [-0.15, -0.1) is 0 Å². The van der Waals surface area contributed by atoms with Crippen molar-refractivity contribution in [1.29, 1.82) is 0 Å². The van der Waals surface area contributed by atoms with Crippen molar-refractivity contribution in [2.45, 2.75) is 39.2 Å². The van der Waals surface area contributed by atoms with Crippen LogP contribution in [0.2, 0.25) is 0 Å². The van der Waals surface area contributed by atoms with Crippen molar-refractivity contribution in [3.63, 3.8) is 0 Å². The molecular weight excluding hydrogens is 280 g/mol. The lowest BCUT2D eigenvalue weighted by molar-refractivity contribution is 0.0896. The first kappa shape index (κ1) is 14.2. The van der Waals surface area contributed by atoms with Gasteiger partial charge in [0, 0.05) is 16.6 Å². The average Bonchev–Trinajstić information content (AvgIpc) is 2.29. The van der Waals surface area contributed by atoms with Crippen LogP contribution in [0.25, 0.3) is 0 Å². The summed E-state index contributed by atoms with van der Waals surface area (Å²) >= 11 is 3.42. The van der Waals surface area contributed by atoms with E-state index in [9.17, 15) is 4.79 Å². The highest BCUT2D eigenvalue weighted by molar-refractivity contribution is 9.09. The number of amides is 1. The fourth-order valence-corrected chi connectivity index (χ4v) is 2.42. The van der Waals surface area contributed by atoms with E-state index in [1.54, 1.807) is 6.07 Å². The van der Waals surface area contributed by atoms with Crippen LogP contribution in [-0.4, -0.2) is 21.8 Å². The molecular formula is C13H19BrN2O. The van der Waals surface area contributed by atoms with Crippen LogP contribution in [0, 0.1) is 6.92 Å². The van der Waals surface area contributed by atoms with Gasteiger partial charge in [0.05, 0.1) is 0 Å². The second-order valence-electron chi connectivity index (χ2n) is 4.47. The Hall–Kier alpha value is -0.900. The summed E-state index contributed by atoms with van der Waals surface area (Å²) in [6, 6.07) is 5.48. The first-order valence-electron chi connectivity index (χ1n) is 5.83. The number of nitrogens with zero attached hydrogens (tertiary/aromatic N) is 1. The summed E-state index contributed by atoms with van der Waals surface area (Å²) in [7, 11) is 0. The van der Waals surface area contributed by atoms with E-state index in [2.05, 4.69) is 40.1 Å². The lowest BCUT2D eigenvalue weighted by Crippen LogP contribution is -2.46. The number of hydrogen-bond donors (Lipinski definition) is 1. The highest BCUT2D eigenvalue weighted by Crippen LogP contribution is 2.16. The molecule has 17 heavy (non-hydrogen) atoms. The number of aryl methyl sites for hydroxylation is 1. The number of hydrogen-bond acceptors (Lipinski definition) is 2. The van der Waals surface area contributed by atoms with Gasteiger partial charge in [0.25, 0.3) is 5.91 Å². The van der Waals surface area contributed by atoms with Crippen LogP contribution in [0.15, 0.2) is 18.2 Å². The molecule has 0 radical (unpaired) electrons. The third-order valence-corrected chi connectivity index (χ3v) is 3.36. The smallest absolute Gasteiger partial charge is 0.270 e. The first-order chi connectivity index (χ1) is 8.00. The molecule has 0 saturated heterocycles. The van der Waals surface area contributed by atoms with Crippen LogP contribution < -0.4 is 5.32 Å². The third-order valence-electron chi connectivity index (χ3n) is 2.96. The number of pyridine rings is 1. The summed E-state index contributed by atoms with van der Waals surface area (Å²) in [4.78, 5) is 16.3. The fraction of sp³-hybridized carbons (Fsp3) is 0.538. The Bertz CT molecular complexity index is 395. The molecule has 1 aromatic rings. The van der Waals surface area contributed by atoms with Crippen molar-refractivity contribution in [1.82, 2.24) is 10.3 Å². The van der Waals surface area contributed by atoms with E-state index in [1.807, 2.05) is 19.1 Å². The van der Waals surface area contributed by atoms with Crippen LogP contribution in [0.3, 0.4) is 0 Å². The summed E-state index contributed by atoms with van der Waals surface area (Å²) in [5, 5.41) is 3.93. The summed E-state index contributed by atoms with van der Waals surface area (Å²) in [6.07, 6.45) is 1.80. The van der Waals surface area contributed by atoms with Crippen molar-refractivity contribution in [3.05, 3.63) is 29.6 Å². The molecule has 1 amide bonds. The van der Waals surface area contributed by atoms with Gasteiger partial charge in [-0.3, -0.25) is 4.79 Å². The highest BCUT2D eigenvalue weighted by Gasteiger charge is 2.24. The first-order valence-corrected chi connectivity index (χ1v) is 6.95. The number of nitrogens with one attached hydrogen (secondary N) is 1. The Morgan fingerprint density at radius 1 is 1.53 bits per heavy atom. The maximum absolute atomic E-state index is 12.1. The molecule has 1 N–H and O–H groups in total. The predicted octanol–water partition coefficient (Wildman–Crippen LogP) is 3.07. The quantitative estimate of drug-likeness (QED) is 0.849. The third kappa shape index (κ3) is 4.11. The molecule has 0 aromatic carbocycles. The summed E-state index contributed by atoms with van der Waals surface area (Å²) < 4.78 is 0. The Morgan fingerprint density at radius 2 is 2.24 bits per heavy atom. The van der Waals surface area contributed by atoms with Gasteiger partial charge in [-0.05, 0) is 38.8 Å². The molecule has 94 valence electrons. The van der Waals surface area contributed by atoms with Crippen LogP contribution in [0.5, 0.6) is 0 Å². The zero-order valence-electron chi connectivity index (χ0n) is 10.6. The van der Waals surface area contributed by atoms with E-state index in [4.69, 9.17) is 0 Å². The topological polar surface area (TPSA) is 42.0 Å².